The summed E-state index contributed by atoms with van der Waals surface area (Å²) in [5.41, 5.74) is 0.941. The zero-order chi connectivity index (χ0) is 10.2. The Kier molecular flexibility index (Phi) is 2.32. The normalized spacial score (nSPS) is 26.2. The van der Waals surface area contributed by atoms with Crippen molar-refractivity contribution in [3.63, 3.8) is 0 Å². The molecule has 0 spiro atoms. The van der Waals surface area contributed by atoms with Gasteiger partial charge in [0.15, 0.2) is 9.84 Å². The molecule has 6 heteroatoms. The second-order valence-corrected chi connectivity index (χ2v) is 5.80. The highest BCUT2D eigenvalue weighted by Gasteiger charge is 2.25. The number of rotatable bonds is 1. The van der Waals surface area contributed by atoms with Crippen LogP contribution in [0.4, 0.5) is 0 Å². The van der Waals surface area contributed by atoms with Gasteiger partial charge in [0, 0.05) is 31.4 Å². The monoisotopic (exact) mass is 215 g/mol. The highest BCUT2D eigenvalue weighted by atomic mass is 32.2. The van der Waals surface area contributed by atoms with Crippen molar-refractivity contribution in [2.75, 3.05) is 18.1 Å². The van der Waals surface area contributed by atoms with Gasteiger partial charge in [-0.2, -0.15) is 5.10 Å². The van der Waals surface area contributed by atoms with Crippen LogP contribution in [-0.4, -0.2) is 36.2 Å². The lowest BCUT2D eigenvalue weighted by atomic mass is 10.2. The van der Waals surface area contributed by atoms with Gasteiger partial charge in [-0.1, -0.05) is 0 Å². The number of nitrogens with zero attached hydrogens (tertiary/aromatic N) is 2. The molecular weight excluding hydrogens is 202 g/mol. The first-order chi connectivity index (χ1) is 6.57. The van der Waals surface area contributed by atoms with Crippen molar-refractivity contribution in [1.82, 2.24) is 15.1 Å². The lowest BCUT2D eigenvalue weighted by Gasteiger charge is -2.22. The summed E-state index contributed by atoms with van der Waals surface area (Å²) in [6, 6.07) is -0.0950. The second kappa shape index (κ2) is 3.36. The Morgan fingerprint density at radius 3 is 3.00 bits per heavy atom. The van der Waals surface area contributed by atoms with Gasteiger partial charge in [-0.3, -0.25) is 4.68 Å². The summed E-state index contributed by atoms with van der Waals surface area (Å²) < 4.78 is 24.4. The van der Waals surface area contributed by atoms with Gasteiger partial charge in [-0.05, 0) is 0 Å². The molecule has 0 aromatic carbocycles. The summed E-state index contributed by atoms with van der Waals surface area (Å²) in [5, 5.41) is 7.19. The van der Waals surface area contributed by atoms with Crippen molar-refractivity contribution in [1.29, 1.82) is 0 Å². The molecule has 78 valence electrons. The van der Waals surface area contributed by atoms with Gasteiger partial charge in [0.05, 0.1) is 17.7 Å². The van der Waals surface area contributed by atoms with Crippen molar-refractivity contribution in [2.24, 2.45) is 7.05 Å². The van der Waals surface area contributed by atoms with Gasteiger partial charge in [0.2, 0.25) is 0 Å². The first kappa shape index (κ1) is 9.67. The van der Waals surface area contributed by atoms with Gasteiger partial charge in [-0.15, -0.1) is 0 Å². The topological polar surface area (TPSA) is 64.0 Å². The molecule has 1 aromatic rings. The minimum absolute atomic E-state index is 0.0950. The molecule has 5 nitrogen and oxygen atoms in total. The van der Waals surface area contributed by atoms with Crippen molar-refractivity contribution < 1.29 is 8.42 Å². The van der Waals surface area contributed by atoms with E-state index in [2.05, 4.69) is 10.4 Å². The van der Waals surface area contributed by atoms with Crippen molar-refractivity contribution in [2.45, 2.75) is 6.04 Å². The van der Waals surface area contributed by atoms with Crippen LogP contribution in [0.15, 0.2) is 12.4 Å². The third-order valence-electron chi connectivity index (χ3n) is 2.35. The number of aromatic nitrogens is 2. The molecule has 1 N–H and O–H groups in total. The molecule has 1 aromatic heterocycles. The van der Waals surface area contributed by atoms with Crippen LogP contribution < -0.4 is 5.32 Å². The smallest absolute Gasteiger partial charge is 0.153 e. The van der Waals surface area contributed by atoms with Crippen LogP contribution in [-0.2, 0) is 16.9 Å². The maximum absolute atomic E-state index is 11.4. The maximum atomic E-state index is 11.4. The zero-order valence-corrected chi connectivity index (χ0v) is 8.79. The molecule has 0 radical (unpaired) electrons. The molecule has 0 amide bonds. The molecule has 1 aliphatic rings. The maximum Gasteiger partial charge on any atom is 0.153 e. The zero-order valence-electron chi connectivity index (χ0n) is 7.97. The van der Waals surface area contributed by atoms with E-state index in [0.29, 0.717) is 6.54 Å². The molecule has 1 fully saturated rings. The largest absolute Gasteiger partial charge is 0.308 e. The Bertz CT molecular complexity index is 424. The summed E-state index contributed by atoms with van der Waals surface area (Å²) in [6.45, 7) is 0.530. The van der Waals surface area contributed by atoms with Crippen molar-refractivity contribution >= 4 is 9.84 Å². The Morgan fingerprint density at radius 2 is 2.43 bits per heavy atom. The Balaban J connectivity index is 2.20. The van der Waals surface area contributed by atoms with Gasteiger partial charge < -0.3 is 5.32 Å². The molecule has 1 saturated heterocycles. The number of nitrogens with one attached hydrogen (secondary N) is 1. The van der Waals surface area contributed by atoms with E-state index < -0.39 is 9.84 Å². The van der Waals surface area contributed by atoms with E-state index in [1.54, 1.807) is 10.9 Å². The number of aryl methyl sites for hydroxylation is 1. The number of hydrogen-bond acceptors (Lipinski definition) is 4. The molecule has 0 bridgehead atoms. The quantitative estimate of drug-likeness (QED) is 0.684. The lowest BCUT2D eigenvalue weighted by Crippen LogP contribution is -2.38. The predicted molar refractivity (Wildman–Crippen MR) is 52.6 cm³/mol. The summed E-state index contributed by atoms with van der Waals surface area (Å²) >= 11 is 0. The first-order valence-electron chi connectivity index (χ1n) is 4.49. The fourth-order valence-corrected chi connectivity index (χ4v) is 3.03. The summed E-state index contributed by atoms with van der Waals surface area (Å²) in [7, 11) is -1.05. The van der Waals surface area contributed by atoms with Gasteiger partial charge >= 0.3 is 0 Å². The van der Waals surface area contributed by atoms with E-state index >= 15 is 0 Å². The Morgan fingerprint density at radius 1 is 1.64 bits per heavy atom. The molecule has 0 unspecified atom stereocenters. The fraction of sp³-hybridized carbons (Fsp3) is 0.625. The SMILES string of the molecule is Cn1cc([C@H]2CS(=O)(=O)CCN2)cn1. The predicted octanol–water partition coefficient (Wildman–Crippen LogP) is -0.521. The minimum atomic E-state index is -2.87. The summed E-state index contributed by atoms with van der Waals surface area (Å²) in [4.78, 5) is 0. The van der Waals surface area contributed by atoms with Crippen LogP contribution in [0.25, 0.3) is 0 Å². The highest BCUT2D eigenvalue weighted by Crippen LogP contribution is 2.17. The summed E-state index contributed by atoms with van der Waals surface area (Å²) in [5.74, 6) is 0.419. The van der Waals surface area contributed by atoms with E-state index in [9.17, 15) is 8.42 Å². The number of sulfone groups is 1. The first-order valence-corrected chi connectivity index (χ1v) is 6.31. The molecule has 0 aliphatic carbocycles. The van der Waals surface area contributed by atoms with E-state index in [0.717, 1.165) is 5.56 Å². The van der Waals surface area contributed by atoms with Crippen LogP contribution in [0, 0.1) is 0 Å². The Hall–Kier alpha value is -0.880. The molecule has 1 aliphatic heterocycles. The molecule has 14 heavy (non-hydrogen) atoms. The molecule has 1 atom stereocenters. The van der Waals surface area contributed by atoms with Crippen LogP contribution in [0.5, 0.6) is 0 Å². The van der Waals surface area contributed by atoms with Crippen LogP contribution in [0.1, 0.15) is 11.6 Å². The van der Waals surface area contributed by atoms with Crippen molar-refractivity contribution in [3.05, 3.63) is 18.0 Å². The second-order valence-electron chi connectivity index (χ2n) is 3.57. The minimum Gasteiger partial charge on any atom is -0.308 e. The lowest BCUT2D eigenvalue weighted by molar-refractivity contribution is 0.530. The molecular formula is C8H13N3O2S. The number of hydrogen-bond donors (Lipinski definition) is 1. The van der Waals surface area contributed by atoms with Crippen LogP contribution in [0.3, 0.4) is 0 Å². The van der Waals surface area contributed by atoms with Crippen LogP contribution >= 0.6 is 0 Å². The third-order valence-corrected chi connectivity index (χ3v) is 4.02. The van der Waals surface area contributed by atoms with Crippen molar-refractivity contribution in [3.8, 4) is 0 Å². The van der Waals surface area contributed by atoms with Gasteiger partial charge in [-0.25, -0.2) is 8.42 Å². The average Bonchev–Trinajstić information content (AvgIpc) is 2.50. The fourth-order valence-electron chi connectivity index (χ4n) is 1.62. The third kappa shape index (κ3) is 1.96. The standard InChI is InChI=1S/C8H13N3O2S/c1-11-5-7(4-10-11)8-6-14(12,13)3-2-9-8/h4-5,8-9H,2-3,6H2,1H3/t8-/m1/s1. The van der Waals surface area contributed by atoms with E-state index in [1.807, 2.05) is 13.2 Å². The van der Waals surface area contributed by atoms with E-state index in [-0.39, 0.29) is 17.5 Å². The Labute approximate surface area is 83.0 Å². The van der Waals surface area contributed by atoms with Crippen LogP contribution in [0.2, 0.25) is 0 Å². The molecule has 2 heterocycles. The van der Waals surface area contributed by atoms with E-state index in [4.69, 9.17) is 0 Å². The molecule has 2 rings (SSSR count). The summed E-state index contributed by atoms with van der Waals surface area (Å²) in [6.07, 6.45) is 3.55. The highest BCUT2D eigenvalue weighted by molar-refractivity contribution is 7.91. The van der Waals surface area contributed by atoms with Gasteiger partial charge in [0.25, 0.3) is 0 Å². The average molecular weight is 215 g/mol. The van der Waals surface area contributed by atoms with Gasteiger partial charge in [0.1, 0.15) is 0 Å². The van der Waals surface area contributed by atoms with E-state index in [1.165, 1.54) is 0 Å². The molecule has 0 saturated carbocycles.